The number of hydrogen-bond acceptors (Lipinski definition) is 3. The minimum Gasteiger partial charge on any atom is -0.496 e. The van der Waals surface area contributed by atoms with E-state index in [1.165, 1.54) is 0 Å². The molecule has 1 aliphatic rings. The van der Waals surface area contributed by atoms with E-state index in [1.54, 1.807) is 31.4 Å². The van der Waals surface area contributed by atoms with E-state index in [0.717, 1.165) is 34.9 Å². The fourth-order valence-corrected chi connectivity index (χ4v) is 3.25. The maximum absolute atomic E-state index is 12.6. The fraction of sp³-hybridized carbons (Fsp3) is 0.217. The molecule has 0 atom stereocenters. The number of anilines is 1. The summed E-state index contributed by atoms with van der Waals surface area (Å²) in [5, 5.41) is 10.7. The molecule has 0 aromatic heterocycles. The van der Waals surface area contributed by atoms with E-state index in [9.17, 15) is 9.59 Å². The SMILES string of the molecule is COc1ccc2ccccc2c1CNC(=O)c1ccc(NC(=O)NC2CC2)cc1. The maximum Gasteiger partial charge on any atom is 0.319 e. The number of carbonyl (C=O) groups is 2. The number of fused-ring (bicyclic) bond motifs is 1. The molecular weight excluding hydrogens is 366 g/mol. The lowest BCUT2D eigenvalue weighted by atomic mass is 10.0. The number of carbonyl (C=O) groups excluding carboxylic acids is 2. The Labute approximate surface area is 169 Å². The summed E-state index contributed by atoms with van der Waals surface area (Å²) < 4.78 is 5.48. The van der Waals surface area contributed by atoms with E-state index in [-0.39, 0.29) is 11.9 Å². The first-order valence-electron chi connectivity index (χ1n) is 9.64. The lowest BCUT2D eigenvalue weighted by Crippen LogP contribution is -2.30. The first kappa shape index (κ1) is 18.8. The van der Waals surface area contributed by atoms with Crippen LogP contribution < -0.4 is 20.7 Å². The predicted molar refractivity (Wildman–Crippen MR) is 113 cm³/mol. The van der Waals surface area contributed by atoms with Crippen LogP contribution in [0, 0.1) is 0 Å². The molecule has 29 heavy (non-hydrogen) atoms. The van der Waals surface area contributed by atoms with Gasteiger partial charge in [-0.2, -0.15) is 0 Å². The van der Waals surface area contributed by atoms with Crippen molar-refractivity contribution in [2.75, 3.05) is 12.4 Å². The Bertz CT molecular complexity index is 1040. The molecule has 6 heteroatoms. The smallest absolute Gasteiger partial charge is 0.319 e. The molecule has 0 radical (unpaired) electrons. The van der Waals surface area contributed by atoms with Crippen LogP contribution in [0.15, 0.2) is 60.7 Å². The van der Waals surface area contributed by atoms with Gasteiger partial charge in [-0.15, -0.1) is 0 Å². The van der Waals surface area contributed by atoms with Gasteiger partial charge in [-0.05, 0) is 53.9 Å². The van der Waals surface area contributed by atoms with Crippen molar-refractivity contribution in [1.29, 1.82) is 0 Å². The Morgan fingerprint density at radius 1 is 1.00 bits per heavy atom. The Balaban J connectivity index is 1.42. The van der Waals surface area contributed by atoms with Crippen molar-refractivity contribution in [2.24, 2.45) is 0 Å². The highest BCUT2D eigenvalue weighted by molar-refractivity contribution is 5.96. The molecule has 1 saturated carbocycles. The molecule has 148 valence electrons. The molecule has 0 heterocycles. The van der Waals surface area contributed by atoms with Crippen LogP contribution in [0.1, 0.15) is 28.8 Å². The normalized spacial score (nSPS) is 13.0. The van der Waals surface area contributed by atoms with Crippen molar-refractivity contribution < 1.29 is 14.3 Å². The third-order valence-electron chi connectivity index (χ3n) is 4.96. The largest absolute Gasteiger partial charge is 0.496 e. The van der Waals surface area contributed by atoms with Crippen molar-refractivity contribution in [3.8, 4) is 5.75 Å². The molecule has 3 aromatic rings. The first-order valence-corrected chi connectivity index (χ1v) is 9.64. The van der Waals surface area contributed by atoms with Gasteiger partial charge >= 0.3 is 6.03 Å². The highest BCUT2D eigenvalue weighted by atomic mass is 16.5. The van der Waals surface area contributed by atoms with Gasteiger partial charge in [0.1, 0.15) is 5.75 Å². The van der Waals surface area contributed by atoms with E-state index in [1.807, 2.05) is 36.4 Å². The summed E-state index contributed by atoms with van der Waals surface area (Å²) in [5.41, 5.74) is 2.11. The van der Waals surface area contributed by atoms with Crippen LogP contribution in [0.25, 0.3) is 10.8 Å². The molecule has 1 fully saturated rings. The Morgan fingerprint density at radius 3 is 2.48 bits per heavy atom. The van der Waals surface area contributed by atoms with Gasteiger partial charge in [0.15, 0.2) is 0 Å². The molecule has 6 nitrogen and oxygen atoms in total. The number of benzene rings is 3. The molecule has 3 amide bonds. The summed E-state index contributed by atoms with van der Waals surface area (Å²) in [6, 6.07) is 18.8. The standard InChI is InChI=1S/C23H23N3O3/c1-29-21-13-8-15-4-2-3-5-19(15)20(21)14-24-22(27)16-6-9-17(10-7-16)25-23(28)26-18-11-12-18/h2-10,13,18H,11-12,14H2,1H3,(H,24,27)(H2,25,26,28). The number of urea groups is 1. The van der Waals surface area contributed by atoms with Crippen LogP contribution in [-0.2, 0) is 6.54 Å². The van der Waals surface area contributed by atoms with Crippen molar-refractivity contribution in [1.82, 2.24) is 10.6 Å². The van der Waals surface area contributed by atoms with Crippen molar-refractivity contribution in [3.63, 3.8) is 0 Å². The van der Waals surface area contributed by atoms with Gasteiger partial charge in [0, 0.05) is 29.4 Å². The van der Waals surface area contributed by atoms with Gasteiger partial charge < -0.3 is 20.7 Å². The number of ether oxygens (including phenoxy) is 1. The summed E-state index contributed by atoms with van der Waals surface area (Å²) in [4.78, 5) is 24.4. The van der Waals surface area contributed by atoms with E-state index in [0.29, 0.717) is 23.8 Å². The van der Waals surface area contributed by atoms with Crippen LogP contribution >= 0.6 is 0 Å². The predicted octanol–water partition coefficient (Wildman–Crippen LogP) is 4.06. The zero-order valence-corrected chi connectivity index (χ0v) is 16.2. The summed E-state index contributed by atoms with van der Waals surface area (Å²) >= 11 is 0. The molecule has 0 bridgehead atoms. The quantitative estimate of drug-likeness (QED) is 0.595. The van der Waals surface area contributed by atoms with Crippen LogP contribution in [0.2, 0.25) is 0 Å². The zero-order chi connectivity index (χ0) is 20.2. The highest BCUT2D eigenvalue weighted by Gasteiger charge is 2.23. The van der Waals surface area contributed by atoms with E-state index in [4.69, 9.17) is 4.74 Å². The Hall–Kier alpha value is -3.54. The number of rotatable bonds is 6. The molecule has 0 saturated heterocycles. The number of methoxy groups -OCH3 is 1. The Kier molecular flexibility index (Phi) is 5.33. The first-order chi connectivity index (χ1) is 14.1. The van der Waals surface area contributed by atoms with Gasteiger partial charge in [0.2, 0.25) is 0 Å². The van der Waals surface area contributed by atoms with Gasteiger partial charge in [-0.1, -0.05) is 30.3 Å². The molecule has 0 unspecified atom stereocenters. The fourth-order valence-electron chi connectivity index (χ4n) is 3.25. The summed E-state index contributed by atoms with van der Waals surface area (Å²) in [6.07, 6.45) is 2.07. The van der Waals surface area contributed by atoms with Gasteiger partial charge in [-0.25, -0.2) is 4.79 Å². The molecule has 4 rings (SSSR count). The van der Waals surface area contributed by atoms with Crippen molar-refractivity contribution >= 4 is 28.4 Å². The van der Waals surface area contributed by atoms with Crippen LogP contribution in [0.4, 0.5) is 10.5 Å². The van der Waals surface area contributed by atoms with Crippen molar-refractivity contribution in [3.05, 3.63) is 71.8 Å². The average molecular weight is 389 g/mol. The molecule has 3 N–H and O–H groups in total. The van der Waals surface area contributed by atoms with E-state index in [2.05, 4.69) is 16.0 Å². The monoisotopic (exact) mass is 389 g/mol. The second-order valence-electron chi connectivity index (χ2n) is 7.10. The topological polar surface area (TPSA) is 79.5 Å². The minimum atomic E-state index is -0.215. The van der Waals surface area contributed by atoms with Gasteiger partial charge in [0.25, 0.3) is 5.91 Å². The highest BCUT2D eigenvalue weighted by Crippen LogP contribution is 2.28. The third-order valence-corrected chi connectivity index (χ3v) is 4.96. The van der Waals surface area contributed by atoms with Crippen LogP contribution in [0.3, 0.4) is 0 Å². The molecule has 0 spiro atoms. The summed E-state index contributed by atoms with van der Waals surface area (Å²) in [5.74, 6) is 0.555. The third kappa shape index (κ3) is 4.48. The van der Waals surface area contributed by atoms with Crippen LogP contribution in [-0.4, -0.2) is 25.1 Å². The number of amides is 3. The molecule has 3 aromatic carbocycles. The lowest BCUT2D eigenvalue weighted by molar-refractivity contribution is 0.0951. The Morgan fingerprint density at radius 2 is 1.76 bits per heavy atom. The average Bonchev–Trinajstić information content (AvgIpc) is 3.56. The van der Waals surface area contributed by atoms with E-state index >= 15 is 0 Å². The van der Waals surface area contributed by atoms with Crippen molar-refractivity contribution in [2.45, 2.75) is 25.4 Å². The minimum absolute atomic E-state index is 0.186. The summed E-state index contributed by atoms with van der Waals surface area (Å²) in [7, 11) is 1.63. The number of nitrogens with one attached hydrogen (secondary N) is 3. The molecule has 1 aliphatic carbocycles. The second-order valence-corrected chi connectivity index (χ2v) is 7.10. The second kappa shape index (κ2) is 8.22. The van der Waals surface area contributed by atoms with Crippen LogP contribution in [0.5, 0.6) is 5.75 Å². The summed E-state index contributed by atoms with van der Waals surface area (Å²) in [6.45, 7) is 0.354. The van der Waals surface area contributed by atoms with E-state index < -0.39 is 0 Å². The molecular formula is C23H23N3O3. The van der Waals surface area contributed by atoms with Gasteiger partial charge in [-0.3, -0.25) is 4.79 Å². The van der Waals surface area contributed by atoms with Gasteiger partial charge in [0.05, 0.1) is 7.11 Å². The molecule has 0 aliphatic heterocycles. The zero-order valence-electron chi connectivity index (χ0n) is 16.2. The lowest BCUT2D eigenvalue weighted by Gasteiger charge is -2.13. The maximum atomic E-state index is 12.6. The number of hydrogen-bond donors (Lipinski definition) is 3.